The Balaban J connectivity index is 2.27. The summed E-state index contributed by atoms with van der Waals surface area (Å²) < 4.78 is 0. The maximum Gasteiger partial charge on any atom is 0.311 e. The molecule has 1 unspecified atom stereocenters. The monoisotopic (exact) mass is 296 g/mol. The SMILES string of the molecule is CCCCCCCCCCC(CC)(CC)C1ON=NC1=O. The molecule has 0 aliphatic carbocycles. The third kappa shape index (κ3) is 5.40. The summed E-state index contributed by atoms with van der Waals surface area (Å²) in [6.45, 7) is 6.53. The molecular weight excluding hydrogens is 264 g/mol. The second-order valence-corrected chi connectivity index (χ2v) is 6.30. The molecule has 21 heavy (non-hydrogen) atoms. The van der Waals surface area contributed by atoms with Crippen LogP contribution < -0.4 is 0 Å². The molecule has 0 spiro atoms. The lowest BCUT2D eigenvalue weighted by Crippen LogP contribution is -2.38. The van der Waals surface area contributed by atoms with Gasteiger partial charge in [0.15, 0.2) is 0 Å². The van der Waals surface area contributed by atoms with Crippen molar-refractivity contribution in [2.24, 2.45) is 15.8 Å². The molecule has 1 aliphatic heterocycles. The number of nitrogens with zero attached hydrogens (tertiary/aromatic N) is 2. The lowest BCUT2D eigenvalue weighted by molar-refractivity contribution is -0.132. The van der Waals surface area contributed by atoms with E-state index in [1.807, 2.05) is 0 Å². The third-order valence-corrected chi connectivity index (χ3v) is 5.01. The molecule has 0 radical (unpaired) electrons. The van der Waals surface area contributed by atoms with Crippen LogP contribution in [0.3, 0.4) is 0 Å². The highest BCUT2D eigenvalue weighted by Crippen LogP contribution is 2.40. The van der Waals surface area contributed by atoms with Gasteiger partial charge in [-0.15, -0.1) is 0 Å². The fourth-order valence-corrected chi connectivity index (χ4v) is 3.30. The van der Waals surface area contributed by atoms with Crippen molar-refractivity contribution in [1.29, 1.82) is 0 Å². The molecule has 4 nitrogen and oxygen atoms in total. The molecule has 1 atom stereocenters. The van der Waals surface area contributed by atoms with Crippen molar-refractivity contribution in [2.45, 2.75) is 97.5 Å². The van der Waals surface area contributed by atoms with E-state index in [4.69, 9.17) is 4.84 Å². The number of carbonyl (C=O) groups is 1. The smallest absolute Gasteiger partial charge is 0.311 e. The summed E-state index contributed by atoms with van der Waals surface area (Å²) in [4.78, 5) is 17.0. The molecular formula is C17H32N2O2. The second kappa shape index (κ2) is 9.91. The summed E-state index contributed by atoms with van der Waals surface area (Å²) >= 11 is 0. The average Bonchev–Trinajstić information content (AvgIpc) is 2.93. The van der Waals surface area contributed by atoms with Crippen molar-refractivity contribution < 1.29 is 9.63 Å². The van der Waals surface area contributed by atoms with Crippen LogP contribution in [0.2, 0.25) is 0 Å². The van der Waals surface area contributed by atoms with Crippen LogP contribution in [-0.2, 0) is 9.63 Å². The summed E-state index contributed by atoms with van der Waals surface area (Å²) in [5.74, 6) is -0.196. The summed E-state index contributed by atoms with van der Waals surface area (Å²) in [7, 11) is 0. The molecule has 1 amide bonds. The van der Waals surface area contributed by atoms with E-state index in [1.165, 1.54) is 51.4 Å². The number of amides is 1. The fraction of sp³-hybridized carbons (Fsp3) is 0.941. The molecule has 0 fully saturated rings. The first-order valence-electron chi connectivity index (χ1n) is 8.81. The van der Waals surface area contributed by atoms with Gasteiger partial charge in [-0.05, 0) is 19.3 Å². The predicted molar refractivity (Wildman–Crippen MR) is 85.0 cm³/mol. The van der Waals surface area contributed by atoms with Gasteiger partial charge in [-0.3, -0.25) is 4.79 Å². The number of carbonyl (C=O) groups excluding carboxylic acids is 1. The zero-order chi connectivity index (χ0) is 15.6. The van der Waals surface area contributed by atoms with Gasteiger partial charge in [-0.25, -0.2) is 0 Å². The normalized spacial score (nSPS) is 18.2. The van der Waals surface area contributed by atoms with Gasteiger partial charge in [0.2, 0.25) is 6.10 Å². The van der Waals surface area contributed by atoms with Crippen LogP contribution in [-0.4, -0.2) is 12.0 Å². The zero-order valence-corrected chi connectivity index (χ0v) is 14.1. The van der Waals surface area contributed by atoms with Gasteiger partial charge in [-0.1, -0.05) is 77.3 Å². The van der Waals surface area contributed by atoms with Gasteiger partial charge in [0.25, 0.3) is 0 Å². The maximum atomic E-state index is 11.8. The Morgan fingerprint density at radius 3 is 2.00 bits per heavy atom. The molecule has 1 rings (SSSR count). The van der Waals surface area contributed by atoms with E-state index in [1.54, 1.807) is 0 Å². The Bertz CT molecular complexity index is 325. The quantitative estimate of drug-likeness (QED) is 0.439. The molecule has 1 aliphatic rings. The number of unbranched alkanes of at least 4 members (excludes halogenated alkanes) is 7. The first kappa shape index (κ1) is 18.1. The highest BCUT2D eigenvalue weighted by atomic mass is 16.7. The Kier molecular flexibility index (Phi) is 8.55. The van der Waals surface area contributed by atoms with E-state index < -0.39 is 6.10 Å². The number of rotatable bonds is 12. The summed E-state index contributed by atoms with van der Waals surface area (Å²) in [5.41, 5.74) is -0.0806. The Hall–Kier alpha value is -0.930. The number of hydrogen-bond acceptors (Lipinski definition) is 3. The van der Waals surface area contributed by atoms with E-state index in [9.17, 15) is 4.79 Å². The molecule has 0 bridgehead atoms. The van der Waals surface area contributed by atoms with Crippen LogP contribution in [0.4, 0.5) is 0 Å². The van der Waals surface area contributed by atoms with Crippen molar-refractivity contribution >= 4 is 5.91 Å². The van der Waals surface area contributed by atoms with E-state index in [0.717, 1.165) is 19.3 Å². The molecule has 0 N–H and O–H groups in total. The van der Waals surface area contributed by atoms with Crippen molar-refractivity contribution in [3.05, 3.63) is 0 Å². The van der Waals surface area contributed by atoms with Gasteiger partial charge < -0.3 is 4.84 Å². The van der Waals surface area contributed by atoms with Gasteiger partial charge in [0.1, 0.15) is 0 Å². The van der Waals surface area contributed by atoms with Gasteiger partial charge in [0, 0.05) is 10.7 Å². The largest absolute Gasteiger partial charge is 0.365 e. The molecule has 1 heterocycles. The van der Waals surface area contributed by atoms with E-state index in [0.29, 0.717) is 0 Å². The second-order valence-electron chi connectivity index (χ2n) is 6.30. The van der Waals surface area contributed by atoms with Crippen LogP contribution in [0.5, 0.6) is 0 Å². The Morgan fingerprint density at radius 1 is 0.952 bits per heavy atom. The van der Waals surface area contributed by atoms with Gasteiger partial charge in [0.05, 0.1) is 0 Å². The van der Waals surface area contributed by atoms with Crippen LogP contribution in [0.1, 0.15) is 91.4 Å². The third-order valence-electron chi connectivity index (χ3n) is 5.01. The molecule has 0 saturated heterocycles. The molecule has 0 aromatic rings. The lowest BCUT2D eigenvalue weighted by Gasteiger charge is -2.33. The lowest BCUT2D eigenvalue weighted by atomic mass is 9.73. The zero-order valence-electron chi connectivity index (χ0n) is 14.1. The van der Waals surface area contributed by atoms with Crippen LogP contribution in [0.15, 0.2) is 10.4 Å². The molecule has 0 aromatic heterocycles. The van der Waals surface area contributed by atoms with E-state index in [2.05, 4.69) is 31.2 Å². The van der Waals surface area contributed by atoms with Crippen molar-refractivity contribution in [3.8, 4) is 0 Å². The molecule has 0 saturated carbocycles. The summed E-state index contributed by atoms with van der Waals surface area (Å²) in [6, 6.07) is 0. The highest BCUT2D eigenvalue weighted by molar-refractivity contribution is 5.82. The number of hydrogen-bond donors (Lipinski definition) is 0. The minimum atomic E-state index is -0.447. The average molecular weight is 296 g/mol. The van der Waals surface area contributed by atoms with Crippen molar-refractivity contribution in [1.82, 2.24) is 0 Å². The summed E-state index contributed by atoms with van der Waals surface area (Å²) in [6.07, 6.45) is 13.0. The van der Waals surface area contributed by atoms with E-state index in [-0.39, 0.29) is 11.3 Å². The molecule has 4 heteroatoms. The topological polar surface area (TPSA) is 51.0 Å². The first-order chi connectivity index (χ1) is 10.2. The molecule has 0 aromatic carbocycles. The Morgan fingerprint density at radius 2 is 1.52 bits per heavy atom. The fourth-order valence-electron chi connectivity index (χ4n) is 3.30. The van der Waals surface area contributed by atoms with Crippen molar-refractivity contribution in [3.63, 3.8) is 0 Å². The first-order valence-corrected chi connectivity index (χ1v) is 8.81. The maximum absolute atomic E-state index is 11.8. The van der Waals surface area contributed by atoms with Crippen LogP contribution in [0.25, 0.3) is 0 Å². The van der Waals surface area contributed by atoms with Gasteiger partial charge >= 0.3 is 5.91 Å². The van der Waals surface area contributed by atoms with Crippen LogP contribution in [0, 0.1) is 5.41 Å². The predicted octanol–water partition coefficient (Wildman–Crippen LogP) is 5.62. The Labute approximate surface area is 129 Å². The summed E-state index contributed by atoms with van der Waals surface area (Å²) in [5, 5.41) is 7.00. The molecule has 122 valence electrons. The van der Waals surface area contributed by atoms with Gasteiger partial charge in [-0.2, -0.15) is 0 Å². The van der Waals surface area contributed by atoms with Crippen molar-refractivity contribution in [2.75, 3.05) is 0 Å². The van der Waals surface area contributed by atoms with Crippen LogP contribution >= 0.6 is 0 Å². The van der Waals surface area contributed by atoms with E-state index >= 15 is 0 Å². The minimum absolute atomic E-state index is 0.0806. The highest BCUT2D eigenvalue weighted by Gasteiger charge is 2.44. The standard InChI is InChI=1S/C17H32N2O2/c1-4-7-8-9-10-11-12-13-14-17(5-2,6-3)15-16(20)18-19-21-15/h15H,4-14H2,1-3H3. The minimum Gasteiger partial charge on any atom is -0.365 e.